The lowest BCUT2D eigenvalue weighted by atomic mass is 9.70. The minimum absolute atomic E-state index is 0.158. The van der Waals surface area contributed by atoms with Crippen molar-refractivity contribution in [3.8, 4) is 0 Å². The molecule has 1 aliphatic heterocycles. The summed E-state index contributed by atoms with van der Waals surface area (Å²) in [6.07, 6.45) is 8.10. The van der Waals surface area contributed by atoms with Crippen molar-refractivity contribution in [3.63, 3.8) is 0 Å². The highest BCUT2D eigenvalue weighted by Gasteiger charge is 2.43. The second-order valence-corrected chi connectivity index (χ2v) is 4.73. The number of aliphatic hydroxyl groups is 1. The minimum Gasteiger partial charge on any atom is -0.393 e. The van der Waals surface area contributed by atoms with Crippen LogP contribution in [0.4, 0.5) is 0 Å². The fourth-order valence-corrected chi connectivity index (χ4v) is 2.68. The summed E-state index contributed by atoms with van der Waals surface area (Å²) >= 11 is 0. The normalized spacial score (nSPS) is 32.2. The van der Waals surface area contributed by atoms with Crippen molar-refractivity contribution in [1.82, 2.24) is 0 Å². The standard InChI is InChI=1S/C12H20O2/c1-2-4-11(13)10-5-8-14-12(9-10)6-3-7-12/h2,10-11,13H,1,3-9H2. The number of aliphatic hydroxyl groups excluding tert-OH is 1. The summed E-state index contributed by atoms with van der Waals surface area (Å²) in [5.41, 5.74) is 0.158. The Labute approximate surface area is 86.0 Å². The van der Waals surface area contributed by atoms with E-state index in [1.54, 1.807) is 0 Å². The van der Waals surface area contributed by atoms with Crippen molar-refractivity contribution >= 4 is 0 Å². The molecule has 1 spiro atoms. The molecule has 2 nitrogen and oxygen atoms in total. The highest BCUT2D eigenvalue weighted by Crippen LogP contribution is 2.45. The molecule has 2 atom stereocenters. The van der Waals surface area contributed by atoms with Gasteiger partial charge in [-0.2, -0.15) is 0 Å². The smallest absolute Gasteiger partial charge is 0.0686 e. The van der Waals surface area contributed by atoms with E-state index in [1.807, 2.05) is 6.08 Å². The molecule has 0 bridgehead atoms. The van der Waals surface area contributed by atoms with Gasteiger partial charge in [-0.05, 0) is 44.4 Å². The maximum atomic E-state index is 9.90. The summed E-state index contributed by atoms with van der Waals surface area (Å²) in [6.45, 7) is 4.51. The van der Waals surface area contributed by atoms with Gasteiger partial charge in [-0.1, -0.05) is 6.08 Å². The largest absolute Gasteiger partial charge is 0.393 e. The first-order valence-corrected chi connectivity index (χ1v) is 5.69. The van der Waals surface area contributed by atoms with Crippen molar-refractivity contribution in [2.24, 2.45) is 5.92 Å². The monoisotopic (exact) mass is 196 g/mol. The number of hydrogen-bond donors (Lipinski definition) is 1. The Morgan fingerprint density at radius 1 is 1.57 bits per heavy atom. The van der Waals surface area contributed by atoms with Crippen LogP contribution in [0.15, 0.2) is 12.7 Å². The minimum atomic E-state index is -0.200. The molecule has 0 aromatic rings. The van der Waals surface area contributed by atoms with Gasteiger partial charge in [0.05, 0.1) is 11.7 Å². The van der Waals surface area contributed by atoms with E-state index in [9.17, 15) is 5.11 Å². The van der Waals surface area contributed by atoms with Crippen LogP contribution in [-0.2, 0) is 4.74 Å². The molecule has 1 saturated heterocycles. The molecule has 14 heavy (non-hydrogen) atoms. The van der Waals surface area contributed by atoms with Crippen molar-refractivity contribution in [2.45, 2.75) is 50.2 Å². The van der Waals surface area contributed by atoms with Gasteiger partial charge < -0.3 is 9.84 Å². The van der Waals surface area contributed by atoms with Crippen LogP contribution in [0, 0.1) is 5.92 Å². The number of ether oxygens (including phenoxy) is 1. The molecule has 2 aliphatic rings. The Kier molecular flexibility index (Phi) is 2.93. The van der Waals surface area contributed by atoms with Gasteiger partial charge in [-0.25, -0.2) is 0 Å². The molecule has 2 fully saturated rings. The van der Waals surface area contributed by atoms with Crippen LogP contribution in [0.2, 0.25) is 0 Å². The Bertz CT molecular complexity index is 208. The van der Waals surface area contributed by atoms with Crippen LogP contribution in [0.1, 0.15) is 38.5 Å². The van der Waals surface area contributed by atoms with Gasteiger partial charge in [0.2, 0.25) is 0 Å². The second-order valence-electron chi connectivity index (χ2n) is 4.73. The molecular formula is C12H20O2. The van der Waals surface area contributed by atoms with Crippen LogP contribution in [0.25, 0.3) is 0 Å². The SMILES string of the molecule is C=CCC(O)C1CCOC2(CCC2)C1. The molecule has 2 unspecified atom stereocenters. The quantitative estimate of drug-likeness (QED) is 0.702. The molecule has 0 amide bonds. The number of rotatable bonds is 3. The topological polar surface area (TPSA) is 29.5 Å². The first kappa shape index (κ1) is 10.2. The van der Waals surface area contributed by atoms with E-state index in [4.69, 9.17) is 4.74 Å². The van der Waals surface area contributed by atoms with E-state index >= 15 is 0 Å². The molecule has 1 heterocycles. The highest BCUT2D eigenvalue weighted by atomic mass is 16.5. The lowest BCUT2D eigenvalue weighted by Crippen LogP contribution is -2.47. The van der Waals surface area contributed by atoms with Crippen molar-refractivity contribution in [2.75, 3.05) is 6.61 Å². The van der Waals surface area contributed by atoms with Crippen LogP contribution in [0.3, 0.4) is 0 Å². The summed E-state index contributed by atoms with van der Waals surface area (Å²) in [7, 11) is 0. The second kappa shape index (κ2) is 4.03. The molecule has 1 saturated carbocycles. The van der Waals surface area contributed by atoms with Gasteiger partial charge in [0.25, 0.3) is 0 Å². The Balaban J connectivity index is 1.90. The average Bonchev–Trinajstić information content (AvgIpc) is 2.16. The van der Waals surface area contributed by atoms with E-state index in [2.05, 4.69) is 6.58 Å². The maximum Gasteiger partial charge on any atom is 0.0686 e. The Morgan fingerprint density at radius 2 is 2.36 bits per heavy atom. The number of hydrogen-bond acceptors (Lipinski definition) is 2. The predicted molar refractivity (Wildman–Crippen MR) is 56.1 cm³/mol. The molecule has 2 rings (SSSR count). The maximum absolute atomic E-state index is 9.90. The third-order valence-corrected chi connectivity index (χ3v) is 3.75. The van der Waals surface area contributed by atoms with Crippen LogP contribution >= 0.6 is 0 Å². The first-order chi connectivity index (χ1) is 6.76. The van der Waals surface area contributed by atoms with Crippen molar-refractivity contribution in [1.29, 1.82) is 0 Å². The zero-order valence-corrected chi connectivity index (χ0v) is 8.74. The summed E-state index contributed by atoms with van der Waals surface area (Å²) < 4.78 is 5.82. The zero-order valence-electron chi connectivity index (χ0n) is 8.74. The molecule has 0 aromatic heterocycles. The first-order valence-electron chi connectivity index (χ1n) is 5.69. The average molecular weight is 196 g/mol. The lowest BCUT2D eigenvalue weighted by molar-refractivity contribution is -0.156. The van der Waals surface area contributed by atoms with E-state index in [1.165, 1.54) is 19.3 Å². The predicted octanol–water partition coefficient (Wildman–Crippen LogP) is 2.27. The van der Waals surface area contributed by atoms with Crippen LogP contribution in [-0.4, -0.2) is 23.4 Å². The molecule has 1 N–H and O–H groups in total. The molecule has 1 aliphatic carbocycles. The molecule has 0 radical (unpaired) electrons. The summed E-state index contributed by atoms with van der Waals surface area (Å²) in [4.78, 5) is 0. The lowest BCUT2D eigenvalue weighted by Gasteiger charge is -2.48. The Morgan fingerprint density at radius 3 is 2.93 bits per heavy atom. The molecule has 80 valence electrons. The van der Waals surface area contributed by atoms with Gasteiger partial charge in [0.1, 0.15) is 0 Å². The van der Waals surface area contributed by atoms with Gasteiger partial charge >= 0.3 is 0 Å². The van der Waals surface area contributed by atoms with E-state index in [0.717, 1.165) is 25.9 Å². The third-order valence-electron chi connectivity index (χ3n) is 3.75. The summed E-state index contributed by atoms with van der Waals surface area (Å²) in [6, 6.07) is 0. The fraction of sp³-hybridized carbons (Fsp3) is 0.833. The van der Waals surface area contributed by atoms with Crippen molar-refractivity contribution < 1.29 is 9.84 Å². The summed E-state index contributed by atoms with van der Waals surface area (Å²) in [5, 5.41) is 9.90. The zero-order chi connectivity index (χ0) is 10.0. The van der Waals surface area contributed by atoms with Crippen molar-refractivity contribution in [3.05, 3.63) is 12.7 Å². The summed E-state index contributed by atoms with van der Waals surface area (Å²) in [5.74, 6) is 0.432. The third kappa shape index (κ3) is 1.86. The van der Waals surface area contributed by atoms with Gasteiger partial charge in [-0.15, -0.1) is 6.58 Å². The van der Waals surface area contributed by atoms with Gasteiger partial charge in [-0.3, -0.25) is 0 Å². The molecule has 0 aromatic carbocycles. The highest BCUT2D eigenvalue weighted by molar-refractivity contribution is 4.96. The van der Waals surface area contributed by atoms with E-state index in [-0.39, 0.29) is 11.7 Å². The fourth-order valence-electron chi connectivity index (χ4n) is 2.68. The van der Waals surface area contributed by atoms with Crippen LogP contribution < -0.4 is 0 Å². The molecule has 2 heteroatoms. The van der Waals surface area contributed by atoms with E-state index < -0.39 is 0 Å². The van der Waals surface area contributed by atoms with Gasteiger partial charge in [0.15, 0.2) is 0 Å². The molecular weight excluding hydrogens is 176 g/mol. The van der Waals surface area contributed by atoms with Gasteiger partial charge in [0, 0.05) is 6.61 Å². The van der Waals surface area contributed by atoms with E-state index in [0.29, 0.717) is 5.92 Å². The van der Waals surface area contributed by atoms with Crippen LogP contribution in [0.5, 0.6) is 0 Å². The Hall–Kier alpha value is -0.340.